The van der Waals surface area contributed by atoms with E-state index in [0.29, 0.717) is 12.1 Å². The number of hydrogen-bond donors (Lipinski definition) is 1. The Hall–Kier alpha value is -0.830. The number of aromatic nitrogens is 2. The molecule has 0 radical (unpaired) electrons. The van der Waals surface area contributed by atoms with Gasteiger partial charge in [0.2, 0.25) is 0 Å². The van der Waals surface area contributed by atoms with E-state index in [1.807, 2.05) is 0 Å². The molecule has 1 aromatic heterocycles. The highest BCUT2D eigenvalue weighted by atomic mass is 15.3. The molecule has 1 aromatic rings. The van der Waals surface area contributed by atoms with Crippen LogP contribution in [-0.4, -0.2) is 16.3 Å². The lowest BCUT2D eigenvalue weighted by molar-refractivity contribution is 0.415. The van der Waals surface area contributed by atoms with Gasteiger partial charge in [0.15, 0.2) is 0 Å². The number of nitrogens with one attached hydrogen (secondary N) is 1. The molecule has 2 aliphatic carbocycles. The van der Waals surface area contributed by atoms with Crippen LogP contribution in [0.4, 0.5) is 0 Å². The van der Waals surface area contributed by atoms with Crippen LogP contribution in [-0.2, 0) is 6.42 Å². The fraction of sp³-hybridized carbons (Fsp3) is 0.800. The molecule has 2 aliphatic rings. The van der Waals surface area contributed by atoms with Gasteiger partial charge in [-0.15, -0.1) is 0 Å². The second-order valence-corrected chi connectivity index (χ2v) is 5.83. The van der Waals surface area contributed by atoms with Crippen molar-refractivity contribution in [3.63, 3.8) is 0 Å². The summed E-state index contributed by atoms with van der Waals surface area (Å²) in [4.78, 5) is 0. The van der Waals surface area contributed by atoms with E-state index in [1.165, 1.54) is 62.6 Å². The summed E-state index contributed by atoms with van der Waals surface area (Å²) in [6, 6.07) is 1.25. The predicted molar refractivity (Wildman–Crippen MR) is 73.7 cm³/mol. The van der Waals surface area contributed by atoms with Gasteiger partial charge in [0, 0.05) is 17.3 Å². The molecule has 0 spiro atoms. The highest BCUT2D eigenvalue weighted by Crippen LogP contribution is 2.35. The zero-order chi connectivity index (χ0) is 12.4. The molecule has 1 saturated carbocycles. The average Bonchev–Trinajstić information content (AvgIpc) is 3.04. The Balaban J connectivity index is 1.81. The van der Waals surface area contributed by atoms with Gasteiger partial charge in [0.25, 0.3) is 0 Å². The maximum Gasteiger partial charge on any atom is 0.0540 e. The van der Waals surface area contributed by atoms with Crippen LogP contribution in [0.15, 0.2) is 6.20 Å². The minimum atomic E-state index is 0.559. The Morgan fingerprint density at radius 1 is 1.28 bits per heavy atom. The van der Waals surface area contributed by atoms with Crippen LogP contribution < -0.4 is 5.32 Å². The van der Waals surface area contributed by atoms with E-state index < -0.39 is 0 Å². The summed E-state index contributed by atoms with van der Waals surface area (Å²) in [5, 5.41) is 8.39. The predicted octanol–water partition coefficient (Wildman–Crippen LogP) is 3.38. The average molecular weight is 247 g/mol. The molecule has 3 heteroatoms. The molecule has 0 amide bonds. The van der Waals surface area contributed by atoms with E-state index in [2.05, 4.69) is 23.1 Å². The van der Waals surface area contributed by atoms with Crippen molar-refractivity contribution in [1.29, 1.82) is 0 Å². The van der Waals surface area contributed by atoms with Gasteiger partial charge in [-0.1, -0.05) is 19.8 Å². The normalized spacial score (nSPS) is 24.4. The Morgan fingerprint density at radius 3 is 2.89 bits per heavy atom. The molecule has 18 heavy (non-hydrogen) atoms. The first-order valence-electron chi connectivity index (χ1n) is 7.69. The number of hydrogen-bond acceptors (Lipinski definition) is 2. The zero-order valence-corrected chi connectivity index (χ0v) is 11.5. The van der Waals surface area contributed by atoms with Gasteiger partial charge in [0.05, 0.1) is 12.2 Å². The van der Waals surface area contributed by atoms with Crippen LogP contribution in [0.5, 0.6) is 0 Å². The van der Waals surface area contributed by atoms with Gasteiger partial charge in [-0.2, -0.15) is 5.10 Å². The van der Waals surface area contributed by atoms with E-state index in [1.54, 1.807) is 0 Å². The molecule has 0 aliphatic heterocycles. The molecule has 0 saturated heterocycles. The van der Waals surface area contributed by atoms with Crippen molar-refractivity contribution in [2.75, 3.05) is 6.54 Å². The molecule has 1 fully saturated rings. The van der Waals surface area contributed by atoms with Crippen molar-refractivity contribution in [3.05, 3.63) is 17.5 Å². The molecule has 1 N–H and O–H groups in total. The maximum absolute atomic E-state index is 4.71. The highest BCUT2D eigenvalue weighted by Gasteiger charge is 2.27. The molecular formula is C15H25N3. The van der Waals surface area contributed by atoms with Crippen LogP contribution in [0.3, 0.4) is 0 Å². The van der Waals surface area contributed by atoms with Crippen LogP contribution in [0, 0.1) is 0 Å². The van der Waals surface area contributed by atoms with E-state index in [-0.39, 0.29) is 0 Å². The van der Waals surface area contributed by atoms with Crippen LogP contribution in [0.2, 0.25) is 0 Å². The van der Waals surface area contributed by atoms with Crippen LogP contribution >= 0.6 is 0 Å². The summed E-state index contributed by atoms with van der Waals surface area (Å²) in [6.07, 6.45) is 12.6. The first-order valence-corrected chi connectivity index (χ1v) is 7.69. The summed E-state index contributed by atoms with van der Waals surface area (Å²) in [5.41, 5.74) is 3.02. The lowest BCUT2D eigenvalue weighted by Crippen LogP contribution is -2.26. The standard InChI is InChI=1S/C15H25N3/c1-2-10-16-14-8-5-9-15-13(14)11-17-18(15)12-6-3-4-7-12/h11-12,14,16H,2-10H2,1H3. The molecule has 1 unspecified atom stereocenters. The number of fused-ring (bicyclic) bond motifs is 1. The maximum atomic E-state index is 4.71. The first kappa shape index (κ1) is 12.2. The van der Waals surface area contributed by atoms with Gasteiger partial charge < -0.3 is 5.32 Å². The summed E-state index contributed by atoms with van der Waals surface area (Å²) < 4.78 is 2.36. The summed E-state index contributed by atoms with van der Waals surface area (Å²) in [7, 11) is 0. The summed E-state index contributed by atoms with van der Waals surface area (Å²) in [5.74, 6) is 0. The van der Waals surface area contributed by atoms with Crippen LogP contribution in [0.1, 0.15) is 75.2 Å². The van der Waals surface area contributed by atoms with Crippen molar-refractivity contribution in [1.82, 2.24) is 15.1 Å². The van der Waals surface area contributed by atoms with Gasteiger partial charge in [-0.25, -0.2) is 0 Å². The molecule has 0 bridgehead atoms. The largest absolute Gasteiger partial charge is 0.310 e. The van der Waals surface area contributed by atoms with Gasteiger partial charge in [-0.3, -0.25) is 4.68 Å². The molecule has 3 nitrogen and oxygen atoms in total. The van der Waals surface area contributed by atoms with E-state index >= 15 is 0 Å². The van der Waals surface area contributed by atoms with Crippen LogP contribution in [0.25, 0.3) is 0 Å². The molecular weight excluding hydrogens is 222 g/mol. The quantitative estimate of drug-likeness (QED) is 0.884. The van der Waals surface area contributed by atoms with Crippen molar-refractivity contribution in [2.45, 2.75) is 70.4 Å². The number of nitrogens with zero attached hydrogens (tertiary/aromatic N) is 2. The Morgan fingerprint density at radius 2 is 2.11 bits per heavy atom. The molecule has 100 valence electrons. The molecule has 1 atom stereocenters. The summed E-state index contributed by atoms with van der Waals surface area (Å²) in [6.45, 7) is 3.36. The van der Waals surface area contributed by atoms with Crippen molar-refractivity contribution < 1.29 is 0 Å². The second-order valence-electron chi connectivity index (χ2n) is 5.83. The highest BCUT2D eigenvalue weighted by molar-refractivity contribution is 5.25. The zero-order valence-electron chi connectivity index (χ0n) is 11.5. The third-order valence-electron chi connectivity index (χ3n) is 4.52. The van der Waals surface area contributed by atoms with E-state index in [4.69, 9.17) is 5.10 Å². The third-order valence-corrected chi connectivity index (χ3v) is 4.52. The minimum Gasteiger partial charge on any atom is -0.310 e. The fourth-order valence-corrected chi connectivity index (χ4v) is 3.57. The monoisotopic (exact) mass is 247 g/mol. The Kier molecular flexibility index (Phi) is 3.69. The third kappa shape index (κ3) is 2.20. The fourth-order valence-electron chi connectivity index (χ4n) is 3.57. The molecule has 1 heterocycles. The van der Waals surface area contributed by atoms with Crippen molar-refractivity contribution in [3.8, 4) is 0 Å². The topological polar surface area (TPSA) is 29.9 Å². The van der Waals surface area contributed by atoms with E-state index in [9.17, 15) is 0 Å². The lowest BCUT2D eigenvalue weighted by Gasteiger charge is -2.25. The smallest absolute Gasteiger partial charge is 0.0540 e. The second kappa shape index (κ2) is 5.43. The molecule has 0 aromatic carbocycles. The Labute approximate surface area is 110 Å². The minimum absolute atomic E-state index is 0.559. The van der Waals surface area contributed by atoms with Gasteiger partial charge in [0.1, 0.15) is 0 Å². The van der Waals surface area contributed by atoms with Crippen molar-refractivity contribution in [2.24, 2.45) is 0 Å². The van der Waals surface area contributed by atoms with Gasteiger partial charge in [-0.05, 0) is 45.1 Å². The van der Waals surface area contributed by atoms with Crippen molar-refractivity contribution >= 4 is 0 Å². The van der Waals surface area contributed by atoms with E-state index in [0.717, 1.165) is 6.54 Å². The molecule has 3 rings (SSSR count). The summed E-state index contributed by atoms with van der Waals surface area (Å²) >= 11 is 0. The SMILES string of the molecule is CCCNC1CCCc2c1cnn2C1CCCC1. The number of rotatable bonds is 4. The Bertz CT molecular complexity index is 390. The first-order chi connectivity index (χ1) is 8.90. The lowest BCUT2D eigenvalue weighted by atomic mass is 9.92. The van der Waals surface area contributed by atoms with Gasteiger partial charge >= 0.3 is 0 Å².